The molecule has 0 saturated heterocycles. The number of halogens is 1. The molecule has 4 nitrogen and oxygen atoms in total. The molecule has 1 aromatic carbocycles. The Morgan fingerprint density at radius 2 is 2.06 bits per heavy atom. The second kappa shape index (κ2) is 8.08. The van der Waals surface area contributed by atoms with Crippen LogP contribution in [0.3, 0.4) is 0 Å². The molecular formula is C13H18ClNO3. The second-order valence-electron chi connectivity index (χ2n) is 3.89. The van der Waals surface area contributed by atoms with Crippen molar-refractivity contribution in [3.63, 3.8) is 0 Å². The fourth-order valence-electron chi connectivity index (χ4n) is 1.38. The lowest BCUT2D eigenvalue weighted by Gasteiger charge is -2.18. The van der Waals surface area contributed by atoms with Crippen LogP contribution in [0.5, 0.6) is 0 Å². The number of carbonyl (C=O) groups is 1. The molecule has 0 N–H and O–H groups in total. The van der Waals surface area contributed by atoms with Crippen LogP contribution in [0.25, 0.3) is 0 Å². The Kier molecular flexibility index (Phi) is 6.72. The van der Waals surface area contributed by atoms with E-state index < -0.39 is 0 Å². The normalized spacial score (nSPS) is 10.4. The first-order valence-electron chi connectivity index (χ1n) is 5.69. The van der Waals surface area contributed by atoms with Crippen LogP contribution in [-0.2, 0) is 20.8 Å². The summed E-state index contributed by atoms with van der Waals surface area (Å²) in [6, 6.07) is 7.47. The summed E-state index contributed by atoms with van der Waals surface area (Å²) >= 11 is 6.03. The number of hydrogen-bond donors (Lipinski definition) is 0. The van der Waals surface area contributed by atoms with E-state index in [0.717, 1.165) is 5.56 Å². The SMILES string of the molecule is COCCOCC(=O)N(C)Cc1ccccc1Cl. The van der Waals surface area contributed by atoms with Crippen LogP contribution in [0.2, 0.25) is 5.02 Å². The van der Waals surface area contributed by atoms with E-state index in [0.29, 0.717) is 24.8 Å². The molecule has 0 radical (unpaired) electrons. The third kappa shape index (κ3) is 5.04. The van der Waals surface area contributed by atoms with Crippen molar-refractivity contribution in [2.45, 2.75) is 6.54 Å². The Bertz CT molecular complexity index is 384. The molecule has 0 atom stereocenters. The predicted molar refractivity (Wildman–Crippen MR) is 70.6 cm³/mol. The lowest BCUT2D eigenvalue weighted by molar-refractivity contribution is -0.135. The zero-order valence-electron chi connectivity index (χ0n) is 10.7. The molecule has 5 heteroatoms. The quantitative estimate of drug-likeness (QED) is 0.712. The van der Waals surface area contributed by atoms with Gasteiger partial charge in [-0.25, -0.2) is 0 Å². The van der Waals surface area contributed by atoms with Crippen molar-refractivity contribution in [3.8, 4) is 0 Å². The number of amides is 1. The van der Waals surface area contributed by atoms with Crippen molar-refractivity contribution in [2.75, 3.05) is 34.0 Å². The van der Waals surface area contributed by atoms with Crippen LogP contribution in [-0.4, -0.2) is 44.8 Å². The average Bonchev–Trinajstić information content (AvgIpc) is 2.37. The number of rotatable bonds is 7. The number of likely N-dealkylation sites (N-methyl/N-ethyl adjacent to an activating group) is 1. The molecule has 1 rings (SSSR count). The standard InChI is InChI=1S/C13H18ClNO3/c1-15(13(16)10-18-8-7-17-2)9-11-5-3-4-6-12(11)14/h3-6H,7-10H2,1-2H3. The molecule has 0 bridgehead atoms. The maximum atomic E-state index is 11.7. The summed E-state index contributed by atoms with van der Waals surface area (Å²) in [5, 5.41) is 0.664. The van der Waals surface area contributed by atoms with Crippen LogP contribution >= 0.6 is 11.6 Å². The Labute approximate surface area is 112 Å². The Morgan fingerprint density at radius 3 is 2.72 bits per heavy atom. The molecular weight excluding hydrogens is 254 g/mol. The Hall–Kier alpha value is -1.10. The maximum Gasteiger partial charge on any atom is 0.248 e. The molecule has 100 valence electrons. The van der Waals surface area contributed by atoms with Crippen molar-refractivity contribution < 1.29 is 14.3 Å². The molecule has 0 fully saturated rings. The van der Waals surface area contributed by atoms with E-state index in [1.165, 1.54) is 0 Å². The van der Waals surface area contributed by atoms with Gasteiger partial charge >= 0.3 is 0 Å². The first kappa shape index (κ1) is 15.0. The maximum absolute atomic E-state index is 11.7. The third-order valence-corrected chi connectivity index (χ3v) is 2.82. The van der Waals surface area contributed by atoms with Gasteiger partial charge in [-0.2, -0.15) is 0 Å². The van der Waals surface area contributed by atoms with Gasteiger partial charge in [-0.1, -0.05) is 29.8 Å². The van der Waals surface area contributed by atoms with Gasteiger partial charge in [0.1, 0.15) is 6.61 Å². The van der Waals surface area contributed by atoms with Crippen LogP contribution in [0.4, 0.5) is 0 Å². The van der Waals surface area contributed by atoms with Crippen molar-refractivity contribution in [1.29, 1.82) is 0 Å². The van der Waals surface area contributed by atoms with E-state index in [4.69, 9.17) is 21.1 Å². The summed E-state index contributed by atoms with van der Waals surface area (Å²) in [7, 11) is 3.32. The lowest BCUT2D eigenvalue weighted by Crippen LogP contribution is -2.30. The Balaban J connectivity index is 2.38. The zero-order valence-corrected chi connectivity index (χ0v) is 11.4. The van der Waals surface area contributed by atoms with Crippen LogP contribution in [0.1, 0.15) is 5.56 Å². The average molecular weight is 272 g/mol. The summed E-state index contributed by atoms with van der Waals surface area (Å²) in [6.07, 6.45) is 0. The number of methoxy groups -OCH3 is 1. The topological polar surface area (TPSA) is 38.8 Å². The van der Waals surface area contributed by atoms with Crippen LogP contribution in [0, 0.1) is 0 Å². The fraction of sp³-hybridized carbons (Fsp3) is 0.462. The molecule has 0 heterocycles. The van der Waals surface area contributed by atoms with E-state index >= 15 is 0 Å². The van der Waals surface area contributed by atoms with Gasteiger partial charge in [-0.3, -0.25) is 4.79 Å². The fourth-order valence-corrected chi connectivity index (χ4v) is 1.58. The summed E-state index contributed by atoms with van der Waals surface area (Å²) in [4.78, 5) is 13.3. The van der Waals surface area contributed by atoms with E-state index in [1.54, 1.807) is 19.1 Å². The molecule has 18 heavy (non-hydrogen) atoms. The van der Waals surface area contributed by atoms with Gasteiger partial charge in [-0.15, -0.1) is 0 Å². The molecule has 0 aliphatic heterocycles. The highest BCUT2D eigenvalue weighted by Gasteiger charge is 2.10. The predicted octanol–water partition coefficient (Wildman–Crippen LogP) is 1.96. The largest absolute Gasteiger partial charge is 0.382 e. The number of ether oxygens (including phenoxy) is 2. The van der Waals surface area contributed by atoms with Gasteiger partial charge in [0.15, 0.2) is 0 Å². The number of hydrogen-bond acceptors (Lipinski definition) is 3. The van der Waals surface area contributed by atoms with Gasteiger partial charge in [0.2, 0.25) is 5.91 Å². The summed E-state index contributed by atoms with van der Waals surface area (Å²) in [5.74, 6) is -0.0778. The second-order valence-corrected chi connectivity index (χ2v) is 4.29. The van der Waals surface area contributed by atoms with Crippen molar-refractivity contribution in [2.24, 2.45) is 0 Å². The van der Waals surface area contributed by atoms with E-state index in [2.05, 4.69) is 0 Å². The van der Waals surface area contributed by atoms with Gasteiger partial charge < -0.3 is 14.4 Å². The molecule has 0 aliphatic carbocycles. The summed E-state index contributed by atoms with van der Waals surface area (Å²) in [6.45, 7) is 1.44. The van der Waals surface area contributed by atoms with Crippen LogP contribution < -0.4 is 0 Å². The molecule has 0 spiro atoms. The molecule has 0 aromatic heterocycles. The smallest absolute Gasteiger partial charge is 0.248 e. The number of benzene rings is 1. The minimum atomic E-state index is -0.0778. The highest BCUT2D eigenvalue weighted by molar-refractivity contribution is 6.31. The molecule has 0 saturated carbocycles. The van der Waals surface area contributed by atoms with Gasteiger partial charge in [-0.05, 0) is 11.6 Å². The lowest BCUT2D eigenvalue weighted by atomic mass is 10.2. The number of nitrogens with zero attached hydrogens (tertiary/aromatic N) is 1. The van der Waals surface area contributed by atoms with Crippen molar-refractivity contribution in [1.82, 2.24) is 4.90 Å². The highest BCUT2D eigenvalue weighted by atomic mass is 35.5. The highest BCUT2D eigenvalue weighted by Crippen LogP contribution is 2.16. The van der Waals surface area contributed by atoms with E-state index in [9.17, 15) is 4.79 Å². The van der Waals surface area contributed by atoms with Gasteiger partial charge in [0, 0.05) is 25.7 Å². The van der Waals surface area contributed by atoms with Gasteiger partial charge in [0.05, 0.1) is 13.2 Å². The minimum absolute atomic E-state index is 0.0598. The first-order chi connectivity index (χ1) is 8.65. The number of carbonyl (C=O) groups excluding carboxylic acids is 1. The van der Waals surface area contributed by atoms with E-state index in [-0.39, 0.29) is 12.5 Å². The summed E-state index contributed by atoms with van der Waals surface area (Å²) < 4.78 is 10.0. The monoisotopic (exact) mass is 271 g/mol. The summed E-state index contributed by atoms with van der Waals surface area (Å²) in [5.41, 5.74) is 0.923. The zero-order chi connectivity index (χ0) is 13.4. The molecule has 1 amide bonds. The van der Waals surface area contributed by atoms with E-state index in [1.807, 2.05) is 24.3 Å². The van der Waals surface area contributed by atoms with Crippen molar-refractivity contribution in [3.05, 3.63) is 34.9 Å². The van der Waals surface area contributed by atoms with Crippen LogP contribution in [0.15, 0.2) is 24.3 Å². The molecule has 1 aromatic rings. The molecule has 0 unspecified atom stereocenters. The Morgan fingerprint density at radius 1 is 1.33 bits per heavy atom. The third-order valence-electron chi connectivity index (χ3n) is 2.45. The van der Waals surface area contributed by atoms with Crippen molar-refractivity contribution >= 4 is 17.5 Å². The minimum Gasteiger partial charge on any atom is -0.382 e. The first-order valence-corrected chi connectivity index (χ1v) is 6.07. The van der Waals surface area contributed by atoms with Gasteiger partial charge in [0.25, 0.3) is 0 Å². The molecule has 0 aliphatic rings.